The molecule has 2 rings (SSSR count). The summed E-state index contributed by atoms with van der Waals surface area (Å²) in [6.45, 7) is 3.38. The van der Waals surface area contributed by atoms with E-state index >= 15 is 0 Å². The Morgan fingerprint density at radius 1 is 1.41 bits per heavy atom. The molecule has 1 N–H and O–H groups in total. The number of amides is 1. The Hall–Kier alpha value is -1.75. The maximum absolute atomic E-state index is 11.0. The lowest BCUT2D eigenvalue weighted by Crippen LogP contribution is -2.39. The van der Waals surface area contributed by atoms with Crippen LogP contribution >= 0.6 is 12.2 Å². The standard InChI is InChI=1S/C12H13N3OS/c1-8-13-11(14-9(2)16)12(17)15(8)10-6-4-3-5-7-10/h3-8H,1-2H3,(H,13,14,16). The fourth-order valence-corrected chi connectivity index (χ4v) is 2.12. The van der Waals surface area contributed by atoms with Gasteiger partial charge in [0.1, 0.15) is 6.17 Å². The number of carbonyl (C=O) groups is 1. The molecule has 0 bridgehead atoms. The topological polar surface area (TPSA) is 44.7 Å². The lowest BCUT2D eigenvalue weighted by molar-refractivity contribution is -0.117. The van der Waals surface area contributed by atoms with Gasteiger partial charge in [-0.15, -0.1) is 0 Å². The zero-order valence-corrected chi connectivity index (χ0v) is 10.5. The Morgan fingerprint density at radius 3 is 2.65 bits per heavy atom. The van der Waals surface area contributed by atoms with E-state index in [4.69, 9.17) is 12.2 Å². The average Bonchev–Trinajstić information content (AvgIpc) is 2.54. The van der Waals surface area contributed by atoms with E-state index in [1.165, 1.54) is 6.92 Å². The number of hydrogen-bond donors (Lipinski definition) is 1. The van der Waals surface area contributed by atoms with Gasteiger partial charge in [0.25, 0.3) is 0 Å². The van der Waals surface area contributed by atoms with E-state index in [1.807, 2.05) is 42.2 Å². The van der Waals surface area contributed by atoms with Crippen molar-refractivity contribution < 1.29 is 4.79 Å². The smallest absolute Gasteiger partial charge is 0.222 e. The van der Waals surface area contributed by atoms with Crippen molar-refractivity contribution in [3.8, 4) is 0 Å². The Balaban J connectivity index is 2.24. The molecule has 5 heteroatoms. The van der Waals surface area contributed by atoms with Gasteiger partial charge in [-0.25, -0.2) is 4.99 Å². The molecular formula is C12H13N3OS. The van der Waals surface area contributed by atoms with Crippen LogP contribution in [-0.2, 0) is 4.79 Å². The van der Waals surface area contributed by atoms with Crippen LogP contribution in [0.2, 0.25) is 0 Å². The molecule has 1 unspecified atom stereocenters. The van der Waals surface area contributed by atoms with Crippen molar-refractivity contribution in [2.45, 2.75) is 20.0 Å². The first kappa shape index (κ1) is 11.7. The first-order chi connectivity index (χ1) is 8.09. The van der Waals surface area contributed by atoms with Gasteiger partial charge in [-0.3, -0.25) is 4.79 Å². The first-order valence-electron chi connectivity index (χ1n) is 5.33. The number of amidine groups is 1. The van der Waals surface area contributed by atoms with Gasteiger partial charge in [0.2, 0.25) is 5.91 Å². The number of rotatable bonds is 1. The van der Waals surface area contributed by atoms with Gasteiger partial charge in [0, 0.05) is 12.6 Å². The van der Waals surface area contributed by atoms with Crippen molar-refractivity contribution >= 4 is 34.6 Å². The van der Waals surface area contributed by atoms with Crippen LogP contribution in [0.15, 0.2) is 35.3 Å². The predicted molar refractivity (Wildman–Crippen MR) is 72.2 cm³/mol. The van der Waals surface area contributed by atoms with Crippen LogP contribution < -0.4 is 10.2 Å². The Kier molecular flexibility index (Phi) is 3.19. The summed E-state index contributed by atoms with van der Waals surface area (Å²) in [7, 11) is 0. The highest BCUT2D eigenvalue weighted by Crippen LogP contribution is 2.22. The zero-order chi connectivity index (χ0) is 12.4. The molecule has 0 aromatic heterocycles. The number of thiocarbonyl (C=S) groups is 1. The van der Waals surface area contributed by atoms with E-state index in [2.05, 4.69) is 10.3 Å². The maximum Gasteiger partial charge on any atom is 0.222 e. The van der Waals surface area contributed by atoms with Gasteiger partial charge >= 0.3 is 0 Å². The molecule has 17 heavy (non-hydrogen) atoms. The van der Waals surface area contributed by atoms with Crippen LogP contribution in [0.25, 0.3) is 0 Å². The Morgan fingerprint density at radius 2 is 2.06 bits per heavy atom. The number of nitrogens with one attached hydrogen (secondary N) is 1. The quantitative estimate of drug-likeness (QED) is 0.768. The summed E-state index contributed by atoms with van der Waals surface area (Å²) in [6, 6.07) is 9.77. The van der Waals surface area contributed by atoms with Gasteiger partial charge in [-0.2, -0.15) is 0 Å². The highest BCUT2D eigenvalue weighted by molar-refractivity contribution is 7.82. The molecule has 4 nitrogen and oxygen atoms in total. The summed E-state index contributed by atoms with van der Waals surface area (Å²) in [6.07, 6.45) is -0.0910. The molecule has 0 fully saturated rings. The second-order valence-corrected chi connectivity index (χ2v) is 4.19. The molecule has 1 aromatic carbocycles. The normalized spacial score (nSPS) is 19.2. The van der Waals surface area contributed by atoms with Crippen molar-refractivity contribution in [2.75, 3.05) is 4.90 Å². The number of aliphatic imine (C=N–C) groups is 1. The maximum atomic E-state index is 11.0. The minimum atomic E-state index is -0.159. The van der Waals surface area contributed by atoms with Crippen molar-refractivity contribution in [2.24, 2.45) is 4.99 Å². The third-order valence-corrected chi connectivity index (χ3v) is 2.83. The van der Waals surface area contributed by atoms with Gasteiger partial charge in [-0.1, -0.05) is 30.4 Å². The summed E-state index contributed by atoms with van der Waals surface area (Å²) in [4.78, 5) is 17.8. The predicted octanol–water partition coefficient (Wildman–Crippen LogP) is 1.71. The molecule has 0 saturated carbocycles. The SMILES string of the molecule is CC(=O)NC1=NC(C)N(c2ccccc2)C1=S. The number of para-hydroxylation sites is 1. The molecule has 1 heterocycles. The van der Waals surface area contributed by atoms with Gasteiger partial charge in [0.05, 0.1) is 0 Å². The molecule has 1 amide bonds. The van der Waals surface area contributed by atoms with Gasteiger partial charge in [0.15, 0.2) is 10.8 Å². The van der Waals surface area contributed by atoms with E-state index in [0.717, 1.165) is 5.69 Å². The highest BCUT2D eigenvalue weighted by atomic mass is 32.1. The highest BCUT2D eigenvalue weighted by Gasteiger charge is 2.29. The van der Waals surface area contributed by atoms with E-state index in [1.54, 1.807) is 0 Å². The van der Waals surface area contributed by atoms with E-state index in [-0.39, 0.29) is 12.1 Å². The fourth-order valence-electron chi connectivity index (χ4n) is 1.76. The minimum Gasteiger partial charge on any atom is -0.309 e. The number of anilines is 1. The average molecular weight is 247 g/mol. The molecule has 0 aliphatic carbocycles. The van der Waals surface area contributed by atoms with Gasteiger partial charge in [-0.05, 0) is 19.1 Å². The molecule has 0 radical (unpaired) electrons. The molecule has 1 atom stereocenters. The van der Waals surface area contributed by atoms with Crippen molar-refractivity contribution in [3.05, 3.63) is 30.3 Å². The summed E-state index contributed by atoms with van der Waals surface area (Å²) in [5, 5.41) is 2.65. The van der Waals surface area contributed by atoms with Crippen LogP contribution in [0.1, 0.15) is 13.8 Å². The van der Waals surface area contributed by atoms with Crippen LogP contribution in [0.3, 0.4) is 0 Å². The van der Waals surface area contributed by atoms with Crippen molar-refractivity contribution in [3.63, 3.8) is 0 Å². The fraction of sp³-hybridized carbons (Fsp3) is 0.250. The summed E-state index contributed by atoms with van der Waals surface area (Å²) < 4.78 is 0. The second-order valence-electron chi connectivity index (χ2n) is 3.80. The van der Waals surface area contributed by atoms with Gasteiger partial charge < -0.3 is 10.2 Å². The van der Waals surface area contributed by atoms with Crippen LogP contribution in [0.5, 0.6) is 0 Å². The molecule has 0 saturated heterocycles. The second kappa shape index (κ2) is 4.63. The van der Waals surface area contributed by atoms with E-state index < -0.39 is 0 Å². The largest absolute Gasteiger partial charge is 0.309 e. The number of nitrogens with zero attached hydrogens (tertiary/aromatic N) is 2. The molecule has 1 aliphatic heterocycles. The lowest BCUT2D eigenvalue weighted by Gasteiger charge is -2.22. The summed E-state index contributed by atoms with van der Waals surface area (Å²) in [5.41, 5.74) is 0.981. The Bertz CT molecular complexity index is 484. The first-order valence-corrected chi connectivity index (χ1v) is 5.74. The summed E-state index contributed by atoms with van der Waals surface area (Å²) >= 11 is 5.32. The Labute approximate surface area is 105 Å². The van der Waals surface area contributed by atoms with E-state index in [0.29, 0.717) is 10.8 Å². The number of carbonyl (C=O) groups excluding carboxylic acids is 1. The van der Waals surface area contributed by atoms with E-state index in [9.17, 15) is 4.79 Å². The number of hydrogen-bond acceptors (Lipinski definition) is 3. The minimum absolute atomic E-state index is 0.0910. The van der Waals surface area contributed by atoms with Crippen molar-refractivity contribution in [1.29, 1.82) is 0 Å². The molecule has 1 aromatic rings. The third-order valence-electron chi connectivity index (χ3n) is 2.44. The molecule has 1 aliphatic rings. The third kappa shape index (κ3) is 2.34. The number of benzene rings is 1. The lowest BCUT2D eigenvalue weighted by atomic mass is 10.3. The monoisotopic (exact) mass is 247 g/mol. The van der Waals surface area contributed by atoms with Crippen molar-refractivity contribution in [1.82, 2.24) is 5.32 Å². The van der Waals surface area contributed by atoms with Crippen LogP contribution in [0, 0.1) is 0 Å². The van der Waals surface area contributed by atoms with Crippen LogP contribution in [0.4, 0.5) is 5.69 Å². The van der Waals surface area contributed by atoms with Crippen LogP contribution in [-0.4, -0.2) is 22.9 Å². The molecular weight excluding hydrogens is 234 g/mol. The molecule has 88 valence electrons. The zero-order valence-electron chi connectivity index (χ0n) is 9.68. The molecule has 0 spiro atoms. The summed E-state index contributed by atoms with van der Waals surface area (Å²) in [5.74, 6) is 0.317.